The average Bonchev–Trinajstić information content (AvgIpc) is 2.84. The molecule has 0 bridgehead atoms. The van der Waals surface area contributed by atoms with E-state index in [2.05, 4.69) is 35.4 Å². The first-order chi connectivity index (χ1) is 10.1. The summed E-state index contributed by atoms with van der Waals surface area (Å²) in [5, 5.41) is 0.558. The second kappa shape index (κ2) is 5.58. The van der Waals surface area contributed by atoms with Crippen LogP contribution in [0.25, 0.3) is 11.0 Å². The topological polar surface area (TPSA) is 41.6 Å². The minimum absolute atomic E-state index is 0.250. The maximum Gasteiger partial charge on any atom is 0.151 e. The third-order valence-electron chi connectivity index (χ3n) is 5.02. The molecule has 2 aromatic rings. The zero-order valence-corrected chi connectivity index (χ0v) is 12.7. The van der Waals surface area contributed by atoms with Gasteiger partial charge in [0.15, 0.2) is 5.82 Å². The lowest BCUT2D eigenvalue weighted by molar-refractivity contribution is 0.210. The number of allylic oxidation sites excluding steroid dienone is 1. The molecule has 0 saturated heterocycles. The van der Waals surface area contributed by atoms with Crippen molar-refractivity contribution in [1.29, 1.82) is 0 Å². The molecule has 0 radical (unpaired) electrons. The molecule has 1 aliphatic rings. The molecule has 3 unspecified atom stereocenters. The van der Waals surface area contributed by atoms with E-state index in [4.69, 9.17) is 0 Å². The number of halogens is 1. The summed E-state index contributed by atoms with van der Waals surface area (Å²) in [6, 6.07) is 0. The lowest BCUT2D eigenvalue weighted by Crippen LogP contribution is -2.25. The van der Waals surface area contributed by atoms with Gasteiger partial charge in [-0.1, -0.05) is 19.1 Å². The normalized spacial score (nSPS) is 26.1. The third kappa shape index (κ3) is 2.71. The maximum atomic E-state index is 13.9. The number of hydrogen-bond acceptors (Lipinski definition) is 2. The molecule has 3 atom stereocenters. The van der Waals surface area contributed by atoms with Crippen molar-refractivity contribution >= 4 is 11.0 Å². The van der Waals surface area contributed by atoms with Crippen molar-refractivity contribution in [1.82, 2.24) is 15.0 Å². The van der Waals surface area contributed by atoms with Crippen molar-refractivity contribution in [2.24, 2.45) is 17.8 Å². The Kier molecular flexibility index (Phi) is 3.79. The van der Waals surface area contributed by atoms with Crippen LogP contribution in [0.1, 0.15) is 38.8 Å². The van der Waals surface area contributed by atoms with E-state index in [-0.39, 0.29) is 5.82 Å². The molecular formula is C17H22FN3. The maximum absolute atomic E-state index is 13.9. The van der Waals surface area contributed by atoms with Gasteiger partial charge in [-0.25, -0.2) is 14.4 Å². The molecular weight excluding hydrogens is 265 g/mol. The van der Waals surface area contributed by atoms with E-state index in [1.807, 2.05) is 0 Å². The molecule has 1 saturated carbocycles. The van der Waals surface area contributed by atoms with Gasteiger partial charge < -0.3 is 4.98 Å². The van der Waals surface area contributed by atoms with Gasteiger partial charge in [-0.3, -0.25) is 0 Å². The summed E-state index contributed by atoms with van der Waals surface area (Å²) in [6.45, 7) is 8.52. The van der Waals surface area contributed by atoms with Crippen LogP contribution < -0.4 is 0 Å². The Morgan fingerprint density at radius 3 is 3.00 bits per heavy atom. The van der Waals surface area contributed by atoms with E-state index in [1.54, 1.807) is 0 Å². The molecule has 1 N–H and O–H groups in total. The second-order valence-corrected chi connectivity index (χ2v) is 6.48. The van der Waals surface area contributed by atoms with Crippen molar-refractivity contribution in [2.45, 2.75) is 39.5 Å². The number of aromatic nitrogens is 3. The van der Waals surface area contributed by atoms with E-state index >= 15 is 0 Å². The molecule has 0 aliphatic heterocycles. The van der Waals surface area contributed by atoms with E-state index in [0.29, 0.717) is 28.8 Å². The minimum atomic E-state index is -0.250. The lowest BCUT2D eigenvalue weighted by atomic mass is 9.71. The van der Waals surface area contributed by atoms with Gasteiger partial charge in [0.05, 0.1) is 11.1 Å². The van der Waals surface area contributed by atoms with Gasteiger partial charge in [-0.15, -0.1) is 0 Å². The summed E-state index contributed by atoms with van der Waals surface area (Å²) in [6.07, 6.45) is 7.28. The van der Waals surface area contributed by atoms with Gasteiger partial charge in [0, 0.05) is 6.20 Å². The highest BCUT2D eigenvalue weighted by Crippen LogP contribution is 2.38. The summed E-state index contributed by atoms with van der Waals surface area (Å²) in [5.74, 6) is 1.53. The van der Waals surface area contributed by atoms with Crippen LogP contribution in [-0.4, -0.2) is 15.0 Å². The zero-order chi connectivity index (χ0) is 15.0. The van der Waals surface area contributed by atoms with Gasteiger partial charge in [0.1, 0.15) is 12.0 Å². The summed E-state index contributed by atoms with van der Waals surface area (Å²) in [4.78, 5) is 11.3. The summed E-state index contributed by atoms with van der Waals surface area (Å²) < 4.78 is 13.9. The Balaban J connectivity index is 1.87. The number of aromatic amines is 1. The van der Waals surface area contributed by atoms with Crippen LogP contribution in [0.2, 0.25) is 0 Å². The van der Waals surface area contributed by atoms with Crippen LogP contribution in [0.3, 0.4) is 0 Å². The van der Waals surface area contributed by atoms with Gasteiger partial charge >= 0.3 is 0 Å². The molecule has 21 heavy (non-hydrogen) atoms. The Morgan fingerprint density at radius 2 is 2.24 bits per heavy atom. The van der Waals surface area contributed by atoms with E-state index in [0.717, 1.165) is 18.5 Å². The quantitative estimate of drug-likeness (QED) is 0.857. The number of hydrogen-bond donors (Lipinski definition) is 1. The number of H-pyrrole nitrogens is 1. The van der Waals surface area contributed by atoms with Crippen LogP contribution in [-0.2, 0) is 6.42 Å². The number of fused-ring (bicyclic) bond motifs is 1. The van der Waals surface area contributed by atoms with Crippen LogP contribution in [0.4, 0.5) is 4.39 Å². The second-order valence-electron chi connectivity index (χ2n) is 6.48. The predicted molar refractivity (Wildman–Crippen MR) is 82.4 cm³/mol. The highest BCUT2D eigenvalue weighted by Gasteiger charge is 2.29. The molecule has 1 aliphatic carbocycles. The molecule has 0 aromatic carbocycles. The van der Waals surface area contributed by atoms with E-state index in [1.165, 1.54) is 30.9 Å². The Bertz CT molecular complexity index is 661. The molecule has 0 spiro atoms. The fraction of sp³-hybridized carbons (Fsp3) is 0.529. The first kappa shape index (κ1) is 14.2. The Labute approximate surface area is 124 Å². The van der Waals surface area contributed by atoms with Crippen molar-refractivity contribution in [3.05, 3.63) is 36.2 Å². The Hall–Kier alpha value is -1.71. The van der Waals surface area contributed by atoms with Crippen LogP contribution in [0.15, 0.2) is 24.7 Å². The number of rotatable bonds is 3. The van der Waals surface area contributed by atoms with E-state index < -0.39 is 0 Å². The molecule has 3 rings (SSSR count). The smallest absolute Gasteiger partial charge is 0.151 e. The highest BCUT2D eigenvalue weighted by molar-refractivity contribution is 5.78. The lowest BCUT2D eigenvalue weighted by Gasteiger charge is -2.34. The molecule has 4 heteroatoms. The van der Waals surface area contributed by atoms with Gasteiger partial charge in [0.25, 0.3) is 0 Å². The largest absolute Gasteiger partial charge is 0.343 e. The minimum Gasteiger partial charge on any atom is -0.343 e. The molecule has 1 fully saturated rings. The van der Waals surface area contributed by atoms with Crippen molar-refractivity contribution in [2.75, 3.05) is 0 Å². The molecule has 2 heterocycles. The van der Waals surface area contributed by atoms with Gasteiger partial charge in [0.2, 0.25) is 0 Å². The third-order valence-corrected chi connectivity index (χ3v) is 5.02. The zero-order valence-electron chi connectivity index (χ0n) is 12.7. The number of nitrogens with one attached hydrogen (secondary N) is 1. The predicted octanol–water partition coefficient (Wildman–Crippen LogP) is 4.27. The molecule has 2 aromatic heterocycles. The van der Waals surface area contributed by atoms with E-state index in [9.17, 15) is 4.39 Å². The summed E-state index contributed by atoms with van der Waals surface area (Å²) in [5.41, 5.74) is 2.70. The van der Waals surface area contributed by atoms with Crippen LogP contribution in [0, 0.1) is 23.6 Å². The first-order valence-electron chi connectivity index (χ1n) is 7.68. The van der Waals surface area contributed by atoms with Crippen LogP contribution in [0.5, 0.6) is 0 Å². The summed E-state index contributed by atoms with van der Waals surface area (Å²) in [7, 11) is 0. The van der Waals surface area contributed by atoms with Crippen molar-refractivity contribution < 1.29 is 4.39 Å². The standard InChI is InChI=1S/C17H22FN3/c1-10(2)12-5-4-11(3)13(6-12)7-15-16-14(18)8-19-17(16)21-9-20-15/h8-9,11-13H,1,4-7H2,2-3H3,(H,19,20,21). The Morgan fingerprint density at radius 1 is 1.43 bits per heavy atom. The molecule has 0 amide bonds. The summed E-state index contributed by atoms with van der Waals surface area (Å²) >= 11 is 0. The van der Waals surface area contributed by atoms with Crippen molar-refractivity contribution in [3.8, 4) is 0 Å². The monoisotopic (exact) mass is 287 g/mol. The fourth-order valence-corrected chi connectivity index (χ4v) is 3.54. The van der Waals surface area contributed by atoms with Crippen LogP contribution >= 0.6 is 0 Å². The van der Waals surface area contributed by atoms with Crippen molar-refractivity contribution in [3.63, 3.8) is 0 Å². The first-order valence-corrected chi connectivity index (χ1v) is 7.68. The molecule has 3 nitrogen and oxygen atoms in total. The fourth-order valence-electron chi connectivity index (χ4n) is 3.54. The van der Waals surface area contributed by atoms with Gasteiger partial charge in [-0.2, -0.15) is 0 Å². The molecule has 112 valence electrons. The highest BCUT2D eigenvalue weighted by atomic mass is 19.1. The number of nitrogens with zero attached hydrogens (tertiary/aromatic N) is 2. The average molecular weight is 287 g/mol. The SMILES string of the molecule is C=C(C)C1CCC(C)C(Cc2ncnc3[nH]cc(F)c23)C1. The van der Waals surface area contributed by atoms with Gasteiger partial charge in [-0.05, 0) is 50.4 Å².